The molecule has 7 heteroatoms. The van der Waals surface area contributed by atoms with Crippen LogP contribution in [-0.4, -0.2) is 16.9 Å². The van der Waals surface area contributed by atoms with Gasteiger partial charge in [-0.1, -0.05) is 6.08 Å². The van der Waals surface area contributed by atoms with Crippen LogP contribution in [0.5, 0.6) is 11.5 Å². The Morgan fingerprint density at radius 3 is 2.52 bits per heavy atom. The topological polar surface area (TPSA) is 60.5 Å². The molecular weight excluding hydrogens is 331 g/mol. The molecule has 0 atom stereocenters. The highest BCUT2D eigenvalue weighted by Crippen LogP contribution is 2.30. The van der Waals surface area contributed by atoms with Gasteiger partial charge in [-0.05, 0) is 49.6 Å². The lowest BCUT2D eigenvalue weighted by atomic mass is 10.1. The van der Waals surface area contributed by atoms with E-state index in [0.717, 1.165) is 0 Å². The molecule has 1 aliphatic heterocycles. The van der Waals surface area contributed by atoms with Crippen LogP contribution in [0.25, 0.3) is 5.70 Å². The van der Waals surface area contributed by atoms with Crippen LogP contribution in [0.1, 0.15) is 25.0 Å². The maximum Gasteiger partial charge on any atom is 0.429 e. The van der Waals surface area contributed by atoms with Crippen LogP contribution in [0, 0.1) is 0 Å². The number of allylic oxidation sites excluding steroid dienone is 1. The Morgan fingerprint density at radius 1 is 1.04 bits per heavy atom. The van der Waals surface area contributed by atoms with E-state index in [1.165, 1.54) is 6.20 Å². The van der Waals surface area contributed by atoms with Crippen molar-refractivity contribution in [3.05, 3.63) is 54.4 Å². The summed E-state index contributed by atoms with van der Waals surface area (Å²) in [5.41, 5.74) is 6.02. The minimum absolute atomic E-state index is 0.0921. The van der Waals surface area contributed by atoms with E-state index in [1.807, 2.05) is 0 Å². The van der Waals surface area contributed by atoms with Gasteiger partial charge in [0.1, 0.15) is 17.2 Å². The monoisotopic (exact) mass is 347 g/mol. The van der Waals surface area contributed by atoms with E-state index in [1.54, 1.807) is 42.5 Å². The zero-order valence-corrected chi connectivity index (χ0v) is 13.3. The highest BCUT2D eigenvalue weighted by atomic mass is 19.4. The van der Waals surface area contributed by atoms with Crippen LogP contribution in [0.3, 0.4) is 0 Å². The number of pyridine rings is 1. The molecule has 3 rings (SSSR count). The van der Waals surface area contributed by atoms with Gasteiger partial charge in [0, 0.05) is 18.0 Å². The largest absolute Gasteiger partial charge is 0.457 e. The van der Waals surface area contributed by atoms with E-state index in [0.29, 0.717) is 35.7 Å². The van der Waals surface area contributed by atoms with Gasteiger partial charge in [-0.3, -0.25) is 4.98 Å². The van der Waals surface area contributed by atoms with Crippen molar-refractivity contribution in [3.8, 4) is 11.5 Å². The van der Waals surface area contributed by atoms with Crippen molar-refractivity contribution >= 4 is 17.1 Å². The van der Waals surface area contributed by atoms with E-state index < -0.39 is 11.9 Å². The number of nitrogens with zero attached hydrogens (tertiary/aromatic N) is 2. The summed E-state index contributed by atoms with van der Waals surface area (Å²) < 4.78 is 44.7. The molecule has 0 spiro atoms. The molecule has 0 bridgehead atoms. The Morgan fingerprint density at radius 2 is 1.80 bits per heavy atom. The van der Waals surface area contributed by atoms with Crippen LogP contribution in [0.15, 0.2) is 53.7 Å². The maximum absolute atomic E-state index is 13.0. The highest BCUT2D eigenvalue weighted by Gasteiger charge is 2.35. The van der Waals surface area contributed by atoms with E-state index in [9.17, 15) is 13.2 Å². The molecule has 0 unspecified atom stereocenters. The molecule has 1 aromatic carbocycles. The lowest BCUT2D eigenvalue weighted by Crippen LogP contribution is -2.22. The lowest BCUT2D eigenvalue weighted by molar-refractivity contribution is -0.0604. The number of hydrogen-bond acceptors (Lipinski definition) is 4. The molecule has 25 heavy (non-hydrogen) atoms. The van der Waals surface area contributed by atoms with Gasteiger partial charge in [0.05, 0.1) is 11.4 Å². The number of rotatable bonds is 3. The van der Waals surface area contributed by atoms with Gasteiger partial charge in [-0.2, -0.15) is 13.2 Å². The summed E-state index contributed by atoms with van der Waals surface area (Å²) in [5, 5.41) is 0. The first-order valence-corrected chi connectivity index (χ1v) is 7.76. The maximum atomic E-state index is 13.0. The first-order valence-electron chi connectivity index (χ1n) is 7.76. The Kier molecular flexibility index (Phi) is 4.74. The number of nitrogens with two attached hydrogens (primary N) is 1. The third-order valence-electron chi connectivity index (χ3n) is 3.65. The summed E-state index contributed by atoms with van der Waals surface area (Å²) in [7, 11) is 0. The predicted octanol–water partition coefficient (Wildman–Crippen LogP) is 4.98. The summed E-state index contributed by atoms with van der Waals surface area (Å²) in [4.78, 5) is 7.93. The van der Waals surface area contributed by atoms with Crippen molar-refractivity contribution in [1.82, 2.24) is 4.98 Å². The van der Waals surface area contributed by atoms with E-state index in [2.05, 4.69) is 9.98 Å². The zero-order chi connectivity index (χ0) is 17.9. The Hall–Kier alpha value is -2.83. The fraction of sp³-hybridized carbons (Fsp3) is 0.222. The molecule has 0 amide bonds. The Labute approximate surface area is 142 Å². The second-order valence-corrected chi connectivity index (χ2v) is 5.59. The van der Waals surface area contributed by atoms with E-state index >= 15 is 0 Å². The molecule has 1 aromatic heterocycles. The van der Waals surface area contributed by atoms with Crippen molar-refractivity contribution in [2.75, 3.05) is 5.73 Å². The number of anilines is 1. The summed E-state index contributed by atoms with van der Waals surface area (Å²) in [5.74, 6) is 1.03. The summed E-state index contributed by atoms with van der Waals surface area (Å²) in [6.07, 6.45) is -0.441. The third kappa shape index (κ3) is 4.37. The number of benzene rings is 1. The SMILES string of the molecule is Nc1ccc(Oc2ccnc(C3=CCCCC(C(F)(F)F)=N3)c2)cc1. The predicted molar refractivity (Wildman–Crippen MR) is 90.5 cm³/mol. The quantitative estimate of drug-likeness (QED) is 0.796. The van der Waals surface area contributed by atoms with Crippen molar-refractivity contribution < 1.29 is 17.9 Å². The average Bonchev–Trinajstić information content (AvgIpc) is 2.83. The van der Waals surface area contributed by atoms with Gasteiger partial charge in [-0.25, -0.2) is 4.99 Å². The van der Waals surface area contributed by atoms with Crippen molar-refractivity contribution in [2.24, 2.45) is 4.99 Å². The summed E-state index contributed by atoms with van der Waals surface area (Å²) in [6.45, 7) is 0. The zero-order valence-electron chi connectivity index (χ0n) is 13.3. The second kappa shape index (κ2) is 6.96. The van der Waals surface area contributed by atoms with Crippen LogP contribution in [0.2, 0.25) is 0 Å². The number of ether oxygens (including phenoxy) is 1. The molecule has 2 aromatic rings. The second-order valence-electron chi connectivity index (χ2n) is 5.59. The molecule has 0 saturated heterocycles. The van der Waals surface area contributed by atoms with Gasteiger partial charge >= 0.3 is 6.18 Å². The fourth-order valence-electron chi connectivity index (χ4n) is 2.41. The highest BCUT2D eigenvalue weighted by molar-refractivity contribution is 5.94. The standard InChI is InChI=1S/C18H16F3N3O/c19-18(20,21)17-4-2-1-3-15(24-17)16-11-14(9-10-23-16)25-13-7-5-12(22)6-8-13/h3,5-11H,1-2,4,22H2. The van der Waals surface area contributed by atoms with Gasteiger partial charge in [0.2, 0.25) is 0 Å². The summed E-state index contributed by atoms with van der Waals surface area (Å²) in [6, 6.07) is 10.0. The van der Waals surface area contributed by atoms with Gasteiger partial charge in [-0.15, -0.1) is 0 Å². The first kappa shape index (κ1) is 17.0. The molecule has 1 aliphatic rings. The number of alkyl halides is 3. The van der Waals surface area contributed by atoms with Crippen molar-refractivity contribution in [3.63, 3.8) is 0 Å². The van der Waals surface area contributed by atoms with Crippen LogP contribution < -0.4 is 10.5 Å². The Balaban J connectivity index is 1.87. The molecule has 2 N–H and O–H groups in total. The molecule has 0 saturated carbocycles. The van der Waals surface area contributed by atoms with Gasteiger partial charge in [0.25, 0.3) is 0 Å². The fourth-order valence-corrected chi connectivity index (χ4v) is 2.41. The van der Waals surface area contributed by atoms with Gasteiger partial charge in [0.15, 0.2) is 0 Å². The normalized spacial score (nSPS) is 15.2. The molecule has 2 heterocycles. The molecule has 4 nitrogen and oxygen atoms in total. The van der Waals surface area contributed by atoms with E-state index in [4.69, 9.17) is 10.5 Å². The summed E-state index contributed by atoms with van der Waals surface area (Å²) >= 11 is 0. The minimum atomic E-state index is -4.43. The lowest BCUT2D eigenvalue weighted by Gasteiger charge is -2.10. The van der Waals surface area contributed by atoms with Crippen LogP contribution in [-0.2, 0) is 0 Å². The molecule has 130 valence electrons. The third-order valence-corrected chi connectivity index (χ3v) is 3.65. The first-order chi connectivity index (χ1) is 11.9. The van der Waals surface area contributed by atoms with E-state index in [-0.39, 0.29) is 12.1 Å². The Bertz CT molecular complexity index is 811. The molecule has 0 fully saturated rings. The van der Waals surface area contributed by atoms with Crippen LogP contribution >= 0.6 is 0 Å². The number of halogens is 3. The van der Waals surface area contributed by atoms with Gasteiger partial charge < -0.3 is 10.5 Å². The molecule has 0 radical (unpaired) electrons. The number of aromatic nitrogens is 1. The number of nitrogen functional groups attached to an aromatic ring is 1. The minimum Gasteiger partial charge on any atom is -0.457 e. The van der Waals surface area contributed by atoms with Crippen molar-refractivity contribution in [2.45, 2.75) is 25.4 Å². The van der Waals surface area contributed by atoms with Crippen LogP contribution in [0.4, 0.5) is 18.9 Å². The number of hydrogen-bond donors (Lipinski definition) is 1. The molecule has 0 aliphatic carbocycles. The number of aliphatic imine (C=N–C) groups is 1. The van der Waals surface area contributed by atoms with Crippen molar-refractivity contribution in [1.29, 1.82) is 0 Å². The average molecular weight is 347 g/mol. The molecular formula is C18H16F3N3O. The smallest absolute Gasteiger partial charge is 0.429 e.